The van der Waals surface area contributed by atoms with E-state index < -0.39 is 0 Å². The number of amides is 1. The maximum atomic E-state index is 12.0. The number of nitrogens with zero attached hydrogens (tertiary/aromatic N) is 3. The lowest BCUT2D eigenvalue weighted by Crippen LogP contribution is -2.15. The number of hydrogen-bond acceptors (Lipinski definition) is 5. The van der Waals surface area contributed by atoms with Gasteiger partial charge in [-0.15, -0.1) is 11.3 Å². The molecule has 0 aliphatic heterocycles. The Morgan fingerprint density at radius 3 is 3.00 bits per heavy atom. The minimum atomic E-state index is -0.112. The van der Waals surface area contributed by atoms with Gasteiger partial charge < -0.3 is 5.32 Å². The first kappa shape index (κ1) is 14.6. The van der Waals surface area contributed by atoms with Crippen LogP contribution in [-0.4, -0.2) is 25.7 Å². The van der Waals surface area contributed by atoms with Crippen LogP contribution in [0.3, 0.4) is 0 Å². The zero-order chi connectivity index (χ0) is 15.4. The van der Waals surface area contributed by atoms with Gasteiger partial charge in [0.2, 0.25) is 5.91 Å². The van der Waals surface area contributed by atoms with Gasteiger partial charge in [-0.25, -0.2) is 4.98 Å². The highest BCUT2D eigenvalue weighted by molar-refractivity contribution is 7.71. The van der Waals surface area contributed by atoms with Crippen molar-refractivity contribution < 1.29 is 4.79 Å². The number of pyridine rings is 1. The Morgan fingerprint density at radius 2 is 2.27 bits per heavy atom. The van der Waals surface area contributed by atoms with Crippen LogP contribution in [0.15, 0.2) is 41.9 Å². The predicted octanol–water partition coefficient (Wildman–Crippen LogP) is 3.09. The Balaban J connectivity index is 1.68. The molecule has 22 heavy (non-hydrogen) atoms. The molecule has 3 rings (SSSR count). The molecular weight excluding hydrogens is 318 g/mol. The molecular formula is C14H13N5OS2. The molecule has 0 aromatic carbocycles. The highest BCUT2D eigenvalue weighted by Gasteiger charge is 2.11. The summed E-state index contributed by atoms with van der Waals surface area (Å²) < 4.78 is 2.34. The first-order valence-electron chi connectivity index (χ1n) is 6.64. The van der Waals surface area contributed by atoms with E-state index in [0.717, 1.165) is 10.7 Å². The average molecular weight is 331 g/mol. The SMILES string of the molecule is O=C(CCn1c(-c2cccs2)n[nH]c1=S)Nc1ccccn1. The third-order valence-corrected chi connectivity index (χ3v) is 4.17. The Kier molecular flexibility index (Phi) is 4.40. The van der Waals surface area contributed by atoms with Crippen LogP contribution >= 0.6 is 23.6 Å². The Hall–Kier alpha value is -2.32. The van der Waals surface area contributed by atoms with Crippen LogP contribution in [0.2, 0.25) is 0 Å². The number of hydrogen-bond donors (Lipinski definition) is 2. The number of aromatic nitrogens is 4. The van der Waals surface area contributed by atoms with E-state index in [1.54, 1.807) is 29.7 Å². The first-order chi connectivity index (χ1) is 10.7. The van der Waals surface area contributed by atoms with Crippen LogP contribution in [0.1, 0.15) is 6.42 Å². The van der Waals surface area contributed by atoms with Crippen LogP contribution in [0.4, 0.5) is 5.82 Å². The number of rotatable bonds is 5. The van der Waals surface area contributed by atoms with Crippen molar-refractivity contribution in [2.75, 3.05) is 5.32 Å². The summed E-state index contributed by atoms with van der Waals surface area (Å²) in [4.78, 5) is 17.1. The number of H-pyrrole nitrogens is 1. The number of carbonyl (C=O) groups excluding carboxylic acids is 1. The van der Waals surface area contributed by atoms with Crippen molar-refractivity contribution in [3.05, 3.63) is 46.7 Å². The quantitative estimate of drug-likeness (QED) is 0.705. The zero-order valence-corrected chi connectivity index (χ0v) is 13.2. The molecule has 2 N–H and O–H groups in total. The fourth-order valence-corrected chi connectivity index (χ4v) is 2.92. The fraction of sp³-hybridized carbons (Fsp3) is 0.143. The van der Waals surface area contributed by atoms with Crippen molar-refractivity contribution in [1.82, 2.24) is 19.7 Å². The molecule has 0 aliphatic carbocycles. The molecule has 8 heteroatoms. The summed E-state index contributed by atoms with van der Waals surface area (Å²) in [7, 11) is 0. The minimum Gasteiger partial charge on any atom is -0.311 e. The summed E-state index contributed by atoms with van der Waals surface area (Å²) in [6.45, 7) is 0.460. The van der Waals surface area contributed by atoms with Crippen LogP contribution < -0.4 is 5.32 Å². The molecule has 0 unspecified atom stereocenters. The van der Waals surface area contributed by atoms with E-state index in [2.05, 4.69) is 20.5 Å². The second kappa shape index (κ2) is 6.63. The number of carbonyl (C=O) groups is 1. The summed E-state index contributed by atoms with van der Waals surface area (Å²) in [5, 5.41) is 11.7. The number of anilines is 1. The molecule has 6 nitrogen and oxygen atoms in total. The minimum absolute atomic E-state index is 0.112. The molecule has 0 spiro atoms. The number of thiophene rings is 1. The predicted molar refractivity (Wildman–Crippen MR) is 88.2 cm³/mol. The first-order valence-corrected chi connectivity index (χ1v) is 7.93. The highest BCUT2D eigenvalue weighted by atomic mass is 32.1. The van der Waals surface area contributed by atoms with E-state index in [9.17, 15) is 4.79 Å². The van der Waals surface area contributed by atoms with Crippen molar-refractivity contribution >= 4 is 35.3 Å². The van der Waals surface area contributed by atoms with Gasteiger partial charge in [0.25, 0.3) is 0 Å². The Labute approximate surface area is 135 Å². The summed E-state index contributed by atoms with van der Waals surface area (Å²) in [5.74, 6) is 1.19. The van der Waals surface area contributed by atoms with Crippen molar-refractivity contribution in [1.29, 1.82) is 0 Å². The molecule has 0 fully saturated rings. The third kappa shape index (κ3) is 3.29. The summed E-state index contributed by atoms with van der Waals surface area (Å²) >= 11 is 6.81. The van der Waals surface area contributed by atoms with Crippen molar-refractivity contribution in [3.8, 4) is 10.7 Å². The average Bonchev–Trinajstić information content (AvgIpc) is 3.16. The van der Waals surface area contributed by atoms with Crippen molar-refractivity contribution in [3.63, 3.8) is 0 Å². The lowest BCUT2D eigenvalue weighted by molar-refractivity contribution is -0.116. The molecule has 3 aromatic heterocycles. The molecule has 0 aliphatic rings. The second-order valence-corrected chi connectivity index (χ2v) is 5.83. The summed E-state index contributed by atoms with van der Waals surface area (Å²) in [6.07, 6.45) is 1.93. The van der Waals surface area contributed by atoms with E-state index in [1.165, 1.54) is 0 Å². The monoisotopic (exact) mass is 331 g/mol. The summed E-state index contributed by atoms with van der Waals surface area (Å²) in [6, 6.07) is 9.30. The molecule has 112 valence electrons. The van der Waals surface area contributed by atoms with E-state index in [-0.39, 0.29) is 5.91 Å². The smallest absolute Gasteiger partial charge is 0.227 e. The number of nitrogens with one attached hydrogen (secondary N) is 2. The zero-order valence-electron chi connectivity index (χ0n) is 11.5. The number of aromatic amines is 1. The largest absolute Gasteiger partial charge is 0.311 e. The third-order valence-electron chi connectivity index (χ3n) is 2.99. The molecule has 0 atom stereocenters. The van der Waals surface area contributed by atoms with Gasteiger partial charge in [-0.1, -0.05) is 12.1 Å². The van der Waals surface area contributed by atoms with Gasteiger partial charge in [-0.05, 0) is 35.8 Å². The van der Waals surface area contributed by atoms with Crippen LogP contribution in [0, 0.1) is 4.77 Å². The maximum absolute atomic E-state index is 12.0. The van der Waals surface area contributed by atoms with Crippen LogP contribution in [0.5, 0.6) is 0 Å². The summed E-state index contributed by atoms with van der Waals surface area (Å²) in [5.41, 5.74) is 0. The van der Waals surface area contributed by atoms with Gasteiger partial charge in [0.1, 0.15) is 5.82 Å². The molecule has 0 saturated carbocycles. The maximum Gasteiger partial charge on any atom is 0.227 e. The van der Waals surface area contributed by atoms with Gasteiger partial charge in [0, 0.05) is 19.2 Å². The second-order valence-electron chi connectivity index (χ2n) is 4.49. The molecule has 0 saturated heterocycles. The molecule has 1 amide bonds. The topological polar surface area (TPSA) is 75.6 Å². The van der Waals surface area contributed by atoms with E-state index in [0.29, 0.717) is 23.6 Å². The molecule has 0 radical (unpaired) electrons. The van der Waals surface area contributed by atoms with Gasteiger partial charge in [0.05, 0.1) is 4.88 Å². The van der Waals surface area contributed by atoms with Gasteiger partial charge in [-0.2, -0.15) is 5.10 Å². The Bertz CT molecular complexity index is 807. The van der Waals surface area contributed by atoms with Crippen LogP contribution in [-0.2, 0) is 11.3 Å². The lowest BCUT2D eigenvalue weighted by atomic mass is 10.3. The van der Waals surface area contributed by atoms with Crippen LogP contribution in [0.25, 0.3) is 10.7 Å². The van der Waals surface area contributed by atoms with Gasteiger partial charge >= 0.3 is 0 Å². The van der Waals surface area contributed by atoms with E-state index >= 15 is 0 Å². The van der Waals surface area contributed by atoms with Gasteiger partial charge in [-0.3, -0.25) is 14.5 Å². The highest BCUT2D eigenvalue weighted by Crippen LogP contribution is 2.22. The molecule has 3 aromatic rings. The fourth-order valence-electron chi connectivity index (χ4n) is 1.97. The van der Waals surface area contributed by atoms with Crippen molar-refractivity contribution in [2.45, 2.75) is 13.0 Å². The lowest BCUT2D eigenvalue weighted by Gasteiger charge is -2.06. The van der Waals surface area contributed by atoms with E-state index in [1.807, 2.05) is 28.1 Å². The molecule has 0 bridgehead atoms. The Morgan fingerprint density at radius 1 is 1.36 bits per heavy atom. The van der Waals surface area contributed by atoms with Gasteiger partial charge in [0.15, 0.2) is 10.6 Å². The van der Waals surface area contributed by atoms with Crippen molar-refractivity contribution in [2.24, 2.45) is 0 Å². The standard InChI is InChI=1S/C14H13N5OS2/c20-12(16-11-5-1-2-7-15-11)6-8-19-13(17-18-14(19)21)10-4-3-9-22-10/h1-5,7,9H,6,8H2,(H,18,21)(H,15,16,20). The normalized spacial score (nSPS) is 10.5. The molecule has 3 heterocycles. The van der Waals surface area contributed by atoms with E-state index in [4.69, 9.17) is 12.2 Å².